The normalized spacial score (nSPS) is 23.3. The molecule has 1 saturated carbocycles. The van der Waals surface area contributed by atoms with Gasteiger partial charge in [-0.1, -0.05) is 0 Å². The van der Waals surface area contributed by atoms with E-state index in [-0.39, 0.29) is 17.9 Å². The highest BCUT2D eigenvalue weighted by molar-refractivity contribution is 5.78. The number of aryl methyl sites for hydroxylation is 2. The molecule has 1 fully saturated rings. The van der Waals surface area contributed by atoms with Gasteiger partial charge in [-0.05, 0) is 51.5 Å². The van der Waals surface area contributed by atoms with Crippen molar-refractivity contribution in [3.63, 3.8) is 0 Å². The Hall–Kier alpha value is -1.36. The lowest BCUT2D eigenvalue weighted by Crippen LogP contribution is -2.35. The molecule has 0 atom stereocenters. The van der Waals surface area contributed by atoms with Crippen LogP contribution in [-0.2, 0) is 11.2 Å². The smallest absolute Gasteiger partial charge is 0.223 e. The van der Waals surface area contributed by atoms with Gasteiger partial charge < -0.3 is 10.4 Å². The summed E-state index contributed by atoms with van der Waals surface area (Å²) in [4.78, 5) is 12.0. The van der Waals surface area contributed by atoms with Crippen LogP contribution in [0.25, 0.3) is 0 Å². The number of aromatic amines is 1. The summed E-state index contributed by atoms with van der Waals surface area (Å²) in [6.07, 6.45) is 3.71. The minimum absolute atomic E-state index is 0.0787. The number of amides is 1. The molecule has 106 valence electrons. The van der Waals surface area contributed by atoms with Crippen molar-refractivity contribution in [1.29, 1.82) is 0 Å². The largest absolute Gasteiger partial charge is 0.393 e. The second-order valence-electron chi connectivity index (χ2n) is 5.46. The van der Waals surface area contributed by atoms with Gasteiger partial charge in [0.25, 0.3) is 0 Å². The van der Waals surface area contributed by atoms with E-state index in [1.807, 2.05) is 13.8 Å². The van der Waals surface area contributed by atoms with E-state index in [1.54, 1.807) is 0 Å². The average Bonchev–Trinajstić information content (AvgIpc) is 2.71. The molecule has 3 N–H and O–H groups in total. The number of hydrogen-bond donors (Lipinski definition) is 3. The predicted molar refractivity (Wildman–Crippen MR) is 72.7 cm³/mol. The van der Waals surface area contributed by atoms with Crippen molar-refractivity contribution in [3.8, 4) is 0 Å². The molecule has 19 heavy (non-hydrogen) atoms. The highest BCUT2D eigenvalue weighted by Crippen LogP contribution is 2.24. The van der Waals surface area contributed by atoms with Gasteiger partial charge in [0.1, 0.15) is 0 Å². The summed E-state index contributed by atoms with van der Waals surface area (Å²) in [6.45, 7) is 4.63. The number of rotatable bonds is 4. The SMILES string of the molecule is Cc1n[nH]c(C)c1CCNC(=O)C1CCC(O)CC1. The fourth-order valence-electron chi connectivity index (χ4n) is 2.74. The predicted octanol–water partition coefficient (Wildman–Crippen LogP) is 1.24. The van der Waals surface area contributed by atoms with E-state index in [9.17, 15) is 9.90 Å². The number of aliphatic hydroxyl groups excluding tert-OH is 1. The summed E-state index contributed by atoms with van der Waals surface area (Å²) in [5.41, 5.74) is 3.28. The van der Waals surface area contributed by atoms with Crippen molar-refractivity contribution in [3.05, 3.63) is 17.0 Å². The Morgan fingerprint density at radius 1 is 1.37 bits per heavy atom. The van der Waals surface area contributed by atoms with Crippen molar-refractivity contribution in [2.75, 3.05) is 6.54 Å². The Morgan fingerprint density at radius 2 is 2.05 bits per heavy atom. The second kappa shape index (κ2) is 6.19. The highest BCUT2D eigenvalue weighted by Gasteiger charge is 2.24. The number of aliphatic hydroxyl groups is 1. The molecular weight excluding hydrogens is 242 g/mol. The molecule has 0 aromatic carbocycles. The van der Waals surface area contributed by atoms with E-state index in [0.717, 1.165) is 43.5 Å². The molecule has 1 aliphatic carbocycles. The topological polar surface area (TPSA) is 78.0 Å². The zero-order chi connectivity index (χ0) is 13.8. The third-order valence-electron chi connectivity index (χ3n) is 4.02. The molecular formula is C14H23N3O2. The van der Waals surface area contributed by atoms with Gasteiger partial charge in [-0.25, -0.2) is 0 Å². The molecule has 0 spiro atoms. The Bertz CT molecular complexity index is 414. The molecule has 5 heteroatoms. The minimum atomic E-state index is -0.208. The third kappa shape index (κ3) is 3.56. The standard InChI is InChI=1S/C14H23N3O2/c1-9-13(10(2)17-16-9)7-8-15-14(19)11-3-5-12(18)6-4-11/h11-12,18H,3-8H2,1-2H3,(H,15,19)(H,16,17). The van der Waals surface area contributed by atoms with Crippen molar-refractivity contribution >= 4 is 5.91 Å². The first-order chi connectivity index (χ1) is 9.08. The Kier molecular flexibility index (Phi) is 4.58. The van der Waals surface area contributed by atoms with E-state index in [4.69, 9.17) is 0 Å². The summed E-state index contributed by atoms with van der Waals surface area (Å²) in [5.74, 6) is 0.209. The molecule has 1 aromatic heterocycles. The number of carbonyl (C=O) groups is 1. The number of aromatic nitrogens is 2. The molecule has 1 amide bonds. The number of carbonyl (C=O) groups excluding carboxylic acids is 1. The van der Waals surface area contributed by atoms with Gasteiger partial charge in [0, 0.05) is 18.2 Å². The molecule has 0 saturated heterocycles. The maximum atomic E-state index is 12.0. The quantitative estimate of drug-likeness (QED) is 0.766. The lowest BCUT2D eigenvalue weighted by atomic mass is 9.87. The lowest BCUT2D eigenvalue weighted by Gasteiger charge is -2.24. The van der Waals surface area contributed by atoms with Crippen LogP contribution in [0.1, 0.15) is 42.6 Å². The average molecular weight is 265 g/mol. The molecule has 0 aliphatic heterocycles. The van der Waals surface area contributed by atoms with Gasteiger partial charge in [-0.3, -0.25) is 9.89 Å². The van der Waals surface area contributed by atoms with Crippen molar-refractivity contribution < 1.29 is 9.90 Å². The van der Waals surface area contributed by atoms with Crippen LogP contribution in [0.2, 0.25) is 0 Å². The van der Waals surface area contributed by atoms with Crippen molar-refractivity contribution in [2.45, 2.75) is 52.1 Å². The molecule has 1 aliphatic rings. The summed E-state index contributed by atoms with van der Waals surface area (Å²) in [5, 5.41) is 19.5. The van der Waals surface area contributed by atoms with Gasteiger partial charge in [0.15, 0.2) is 0 Å². The number of H-pyrrole nitrogens is 1. The van der Waals surface area contributed by atoms with Crippen LogP contribution in [0.4, 0.5) is 0 Å². The molecule has 0 unspecified atom stereocenters. The number of nitrogens with zero attached hydrogens (tertiary/aromatic N) is 1. The molecule has 1 heterocycles. The fraction of sp³-hybridized carbons (Fsp3) is 0.714. The summed E-state index contributed by atoms with van der Waals surface area (Å²) >= 11 is 0. The summed E-state index contributed by atoms with van der Waals surface area (Å²) in [7, 11) is 0. The first-order valence-electron chi connectivity index (χ1n) is 7.04. The van der Waals surface area contributed by atoms with E-state index >= 15 is 0 Å². The van der Waals surface area contributed by atoms with Gasteiger partial charge in [0.2, 0.25) is 5.91 Å². The maximum absolute atomic E-state index is 12.0. The maximum Gasteiger partial charge on any atom is 0.223 e. The second-order valence-corrected chi connectivity index (χ2v) is 5.46. The molecule has 0 bridgehead atoms. The zero-order valence-corrected chi connectivity index (χ0v) is 11.7. The fourth-order valence-corrected chi connectivity index (χ4v) is 2.74. The summed E-state index contributed by atoms with van der Waals surface area (Å²) < 4.78 is 0. The van der Waals surface area contributed by atoms with Gasteiger partial charge in [-0.15, -0.1) is 0 Å². The van der Waals surface area contributed by atoms with E-state index < -0.39 is 0 Å². The van der Waals surface area contributed by atoms with Crippen LogP contribution in [0.5, 0.6) is 0 Å². The van der Waals surface area contributed by atoms with Crippen LogP contribution in [0, 0.1) is 19.8 Å². The van der Waals surface area contributed by atoms with Crippen molar-refractivity contribution in [1.82, 2.24) is 15.5 Å². The Morgan fingerprint density at radius 3 is 2.63 bits per heavy atom. The molecule has 2 rings (SSSR count). The highest BCUT2D eigenvalue weighted by atomic mass is 16.3. The van der Waals surface area contributed by atoms with Crippen LogP contribution >= 0.6 is 0 Å². The van der Waals surface area contributed by atoms with Crippen LogP contribution in [-0.4, -0.2) is 33.9 Å². The Balaban J connectivity index is 1.75. The number of nitrogens with one attached hydrogen (secondary N) is 2. The monoisotopic (exact) mass is 265 g/mol. The van der Waals surface area contributed by atoms with Gasteiger partial charge in [0.05, 0.1) is 11.8 Å². The molecule has 0 radical (unpaired) electrons. The third-order valence-corrected chi connectivity index (χ3v) is 4.02. The van der Waals surface area contributed by atoms with E-state index in [0.29, 0.717) is 6.54 Å². The first-order valence-corrected chi connectivity index (χ1v) is 7.04. The minimum Gasteiger partial charge on any atom is -0.393 e. The molecule has 5 nitrogen and oxygen atoms in total. The van der Waals surface area contributed by atoms with Gasteiger partial charge >= 0.3 is 0 Å². The Labute approximate surface area is 113 Å². The van der Waals surface area contributed by atoms with Crippen molar-refractivity contribution in [2.24, 2.45) is 5.92 Å². The van der Waals surface area contributed by atoms with E-state index in [2.05, 4.69) is 15.5 Å². The number of hydrogen-bond acceptors (Lipinski definition) is 3. The summed E-state index contributed by atoms with van der Waals surface area (Å²) in [6, 6.07) is 0. The lowest BCUT2D eigenvalue weighted by molar-refractivity contribution is -0.126. The van der Waals surface area contributed by atoms with Crippen LogP contribution in [0.3, 0.4) is 0 Å². The zero-order valence-electron chi connectivity index (χ0n) is 11.7. The van der Waals surface area contributed by atoms with Crippen LogP contribution < -0.4 is 5.32 Å². The van der Waals surface area contributed by atoms with Gasteiger partial charge in [-0.2, -0.15) is 5.10 Å². The molecule has 1 aromatic rings. The van der Waals surface area contributed by atoms with Crippen LogP contribution in [0.15, 0.2) is 0 Å². The first kappa shape index (κ1) is 14.1. The van der Waals surface area contributed by atoms with E-state index in [1.165, 1.54) is 5.56 Å².